The van der Waals surface area contributed by atoms with Gasteiger partial charge in [-0.15, -0.1) is 11.6 Å². The maximum atomic E-state index is 13.4. The molecule has 3 heterocycles. The molecule has 0 radical (unpaired) electrons. The topological polar surface area (TPSA) is 175 Å². The molecule has 18 heteroatoms. The molecule has 8 aromatic rings. The van der Waals surface area contributed by atoms with E-state index in [1.807, 2.05) is 108 Å². The number of methoxy groups -OCH3 is 4. The van der Waals surface area contributed by atoms with Crippen LogP contribution in [0.2, 0.25) is 0 Å². The second-order valence-corrected chi connectivity index (χ2v) is 17.8. The predicted octanol–water partition coefficient (Wildman–Crippen LogP) is 13.8. The van der Waals surface area contributed by atoms with Gasteiger partial charge in [0.1, 0.15) is 23.6 Å². The van der Waals surface area contributed by atoms with Crippen LogP contribution in [0.1, 0.15) is 36.8 Å². The quantitative estimate of drug-likeness (QED) is 0.0513. The number of hydrogen-bond donors (Lipinski definition) is 2. The molecular weight excluding hydrogens is 1010 g/mol. The fourth-order valence-electron chi connectivity index (χ4n) is 8.42. The van der Waals surface area contributed by atoms with Gasteiger partial charge >= 0.3 is 0 Å². The highest BCUT2D eigenvalue weighted by atomic mass is 35.5. The number of rotatable bonds is 21. The number of halogens is 3. The first-order chi connectivity index (χ1) is 37.5. The maximum Gasteiger partial charge on any atom is 0.250 e. The molecule has 1 aliphatic heterocycles. The molecule has 2 aromatic heterocycles. The second kappa shape index (κ2) is 26.1. The van der Waals surface area contributed by atoms with Gasteiger partial charge < -0.3 is 53.4 Å². The SMILES string of the molecule is COc1cc2c(Nc3cccc(Oc4ccccc4OC)c3)c(C#N)cnc2cc1OCCCCl.COc1cc2c(Nc3cccc(Oc4ccccc4OC)c3)c(C#N)cnc2cc1OCCCN1CCC(F)(F)CC1. The number of ether oxygens (including phenoxy) is 8. The van der Waals surface area contributed by atoms with Gasteiger partial charge in [-0.2, -0.15) is 10.5 Å². The normalized spacial score (nSPS) is 12.7. The van der Waals surface area contributed by atoms with Crippen LogP contribution < -0.4 is 48.5 Å². The maximum absolute atomic E-state index is 13.4. The van der Waals surface area contributed by atoms with E-state index < -0.39 is 5.92 Å². The Morgan fingerprint density at radius 1 is 0.558 bits per heavy atom. The van der Waals surface area contributed by atoms with E-state index in [9.17, 15) is 19.3 Å². The minimum absolute atomic E-state index is 0.0990. The van der Waals surface area contributed by atoms with Gasteiger partial charge in [-0.1, -0.05) is 36.4 Å². The van der Waals surface area contributed by atoms with E-state index in [0.29, 0.717) is 154 Å². The van der Waals surface area contributed by atoms with Gasteiger partial charge in [0, 0.05) is 97.2 Å². The van der Waals surface area contributed by atoms with Crippen molar-refractivity contribution in [3.63, 3.8) is 0 Å². The van der Waals surface area contributed by atoms with Gasteiger partial charge in [-0.05, 0) is 73.5 Å². The lowest BCUT2D eigenvalue weighted by molar-refractivity contribution is -0.0554. The first-order valence-corrected chi connectivity index (χ1v) is 25.2. The molecule has 15 nitrogen and oxygen atoms in total. The molecule has 9 rings (SSSR count). The molecule has 396 valence electrons. The summed E-state index contributed by atoms with van der Waals surface area (Å²) >= 11 is 5.76. The Balaban J connectivity index is 0.000000207. The lowest BCUT2D eigenvalue weighted by Gasteiger charge is -2.31. The molecule has 0 amide bonds. The van der Waals surface area contributed by atoms with Crippen molar-refractivity contribution >= 4 is 56.2 Å². The Labute approximate surface area is 450 Å². The van der Waals surface area contributed by atoms with Crippen molar-refractivity contribution in [2.45, 2.75) is 31.6 Å². The van der Waals surface area contributed by atoms with Gasteiger partial charge in [0.15, 0.2) is 46.0 Å². The summed E-state index contributed by atoms with van der Waals surface area (Å²) < 4.78 is 72.7. The number of piperidine rings is 1. The molecule has 0 saturated carbocycles. The smallest absolute Gasteiger partial charge is 0.250 e. The number of pyridine rings is 2. The molecular formula is C59H56ClF2N7O8. The number of nitriles is 2. The van der Waals surface area contributed by atoms with Crippen LogP contribution in [0.5, 0.6) is 57.5 Å². The van der Waals surface area contributed by atoms with Crippen molar-refractivity contribution in [1.82, 2.24) is 14.9 Å². The number of nitrogens with one attached hydrogen (secondary N) is 2. The number of alkyl halides is 3. The fourth-order valence-corrected chi connectivity index (χ4v) is 8.53. The average molecular weight is 1060 g/mol. The van der Waals surface area contributed by atoms with Crippen LogP contribution in [-0.2, 0) is 0 Å². The van der Waals surface area contributed by atoms with Crippen LogP contribution in [0, 0.1) is 22.7 Å². The Morgan fingerprint density at radius 3 is 1.43 bits per heavy atom. The van der Waals surface area contributed by atoms with Crippen LogP contribution >= 0.6 is 11.6 Å². The summed E-state index contributed by atoms with van der Waals surface area (Å²) in [5.41, 5.74) is 4.67. The minimum Gasteiger partial charge on any atom is -0.493 e. The monoisotopic (exact) mass is 1060 g/mol. The van der Waals surface area contributed by atoms with E-state index >= 15 is 0 Å². The average Bonchev–Trinajstić information content (AvgIpc) is 3.46. The van der Waals surface area contributed by atoms with Crippen LogP contribution in [-0.4, -0.2) is 88.0 Å². The van der Waals surface area contributed by atoms with Gasteiger partial charge in [0.05, 0.1) is 75.2 Å². The van der Waals surface area contributed by atoms with E-state index in [1.54, 1.807) is 46.6 Å². The second-order valence-electron chi connectivity index (χ2n) is 17.5. The Hall–Kier alpha value is -8.77. The lowest BCUT2D eigenvalue weighted by Crippen LogP contribution is -2.40. The summed E-state index contributed by atoms with van der Waals surface area (Å²) in [4.78, 5) is 11.0. The van der Waals surface area contributed by atoms with Gasteiger partial charge in [0.25, 0.3) is 5.92 Å². The molecule has 0 aliphatic carbocycles. The molecule has 1 aliphatic rings. The van der Waals surface area contributed by atoms with E-state index in [0.717, 1.165) is 11.1 Å². The third kappa shape index (κ3) is 13.9. The van der Waals surface area contributed by atoms with Crippen molar-refractivity contribution < 1.29 is 46.7 Å². The summed E-state index contributed by atoms with van der Waals surface area (Å²) in [6.07, 6.45) is 4.25. The highest BCUT2D eigenvalue weighted by molar-refractivity contribution is 6.17. The fraction of sp³-hybridized carbons (Fsp3) is 0.254. The number of aromatic nitrogens is 2. The Bertz CT molecular complexity index is 3400. The van der Waals surface area contributed by atoms with Crippen LogP contribution in [0.4, 0.5) is 31.5 Å². The standard InChI is InChI=1S/C32H32F2N4O4.C27H24ClN3O4/c1-39-27-9-3-4-10-28(27)42-24-8-5-7-23(17-24)37-31-22(20-35)21-36-26-19-30(29(40-2)18-25(26)31)41-16-6-13-38-14-11-32(33,34)12-15-38;1-32-23-9-3-4-10-24(23)35-20-8-5-7-19(13-20)31-27-18(16-29)17-30-22-15-26(34-12-6-11-28)25(33-2)14-21(22)27/h3-5,7-10,17-19,21H,6,11-16H2,1-2H3,(H,36,37);3-5,7-10,13-15,17H,6,11-12H2,1-2H3,(H,30,31). The van der Waals surface area contributed by atoms with Crippen molar-refractivity contribution in [1.29, 1.82) is 10.5 Å². The molecule has 2 N–H and O–H groups in total. The summed E-state index contributed by atoms with van der Waals surface area (Å²) in [6, 6.07) is 41.3. The van der Waals surface area contributed by atoms with Gasteiger partial charge in [-0.3, -0.25) is 9.97 Å². The first kappa shape index (κ1) is 54.5. The van der Waals surface area contributed by atoms with Crippen molar-refractivity contribution in [2.75, 3.05) is 77.8 Å². The summed E-state index contributed by atoms with van der Waals surface area (Å²) in [6.45, 7) is 2.33. The largest absolute Gasteiger partial charge is 0.493 e. The van der Waals surface area contributed by atoms with E-state index in [2.05, 4.69) is 32.7 Å². The number of anilines is 4. The number of likely N-dealkylation sites (tertiary alicyclic amines) is 1. The highest BCUT2D eigenvalue weighted by Crippen LogP contribution is 2.41. The van der Waals surface area contributed by atoms with E-state index in [1.165, 1.54) is 12.4 Å². The zero-order valence-electron chi connectivity index (χ0n) is 42.9. The molecule has 1 saturated heterocycles. The summed E-state index contributed by atoms with van der Waals surface area (Å²) in [7, 11) is 6.31. The Morgan fingerprint density at radius 2 is 1.00 bits per heavy atom. The van der Waals surface area contributed by atoms with E-state index in [-0.39, 0.29) is 12.8 Å². The number of para-hydroxylation sites is 4. The van der Waals surface area contributed by atoms with Crippen molar-refractivity contribution in [3.05, 3.63) is 145 Å². The molecule has 0 unspecified atom stereocenters. The lowest BCUT2D eigenvalue weighted by atomic mass is 10.1. The first-order valence-electron chi connectivity index (χ1n) is 24.6. The molecule has 0 spiro atoms. The molecule has 6 aromatic carbocycles. The third-order valence-corrected chi connectivity index (χ3v) is 12.6. The molecule has 1 fully saturated rings. The van der Waals surface area contributed by atoms with Crippen LogP contribution in [0.15, 0.2) is 134 Å². The van der Waals surface area contributed by atoms with Crippen LogP contribution in [0.3, 0.4) is 0 Å². The number of nitrogens with zero attached hydrogens (tertiary/aromatic N) is 5. The molecule has 0 atom stereocenters. The molecule has 77 heavy (non-hydrogen) atoms. The molecule has 0 bridgehead atoms. The van der Waals surface area contributed by atoms with Crippen molar-refractivity contribution in [2.24, 2.45) is 0 Å². The van der Waals surface area contributed by atoms with Gasteiger partial charge in [-0.25, -0.2) is 8.78 Å². The minimum atomic E-state index is -2.55. The zero-order chi connectivity index (χ0) is 54.2. The highest BCUT2D eigenvalue weighted by Gasteiger charge is 2.33. The number of benzene rings is 6. The summed E-state index contributed by atoms with van der Waals surface area (Å²) in [5.74, 6) is 3.72. The third-order valence-electron chi connectivity index (χ3n) is 12.3. The van der Waals surface area contributed by atoms with Gasteiger partial charge in [0.2, 0.25) is 0 Å². The number of fused-ring (bicyclic) bond motifs is 2. The van der Waals surface area contributed by atoms with E-state index in [4.69, 9.17) is 49.5 Å². The summed E-state index contributed by atoms with van der Waals surface area (Å²) in [5, 5.41) is 27.7. The Kier molecular flexibility index (Phi) is 18.5. The van der Waals surface area contributed by atoms with Crippen LogP contribution in [0.25, 0.3) is 21.8 Å². The predicted molar refractivity (Wildman–Crippen MR) is 293 cm³/mol. The zero-order valence-corrected chi connectivity index (χ0v) is 43.7. The van der Waals surface area contributed by atoms with Crippen molar-refractivity contribution in [3.8, 4) is 69.6 Å². The number of hydrogen-bond acceptors (Lipinski definition) is 15.